The molecule has 0 saturated heterocycles. The number of carboxylic acids is 1. The second-order valence-electron chi connectivity index (χ2n) is 18.1. The number of likely N-dealkylation sites (N-methyl/N-ethyl adjacent to an activating group) is 1. The van der Waals surface area contributed by atoms with Gasteiger partial charge in [-0.25, -0.2) is 4.79 Å². The van der Waals surface area contributed by atoms with Crippen LogP contribution in [0.1, 0.15) is 219 Å². The number of ether oxygens (including phenoxy) is 3. The van der Waals surface area contributed by atoms with Gasteiger partial charge in [0.15, 0.2) is 12.1 Å². The monoisotopic (exact) mass is 859 g/mol. The van der Waals surface area contributed by atoms with Gasteiger partial charge in [0.05, 0.1) is 34.4 Å². The average Bonchev–Trinajstić information content (AvgIpc) is 3.22. The Hall–Kier alpha value is -2.71. The maximum Gasteiger partial charge on any atom is 0.362 e. The number of quaternary nitrogens is 1. The second kappa shape index (κ2) is 43.9. The Labute approximate surface area is 376 Å². The van der Waals surface area contributed by atoms with E-state index in [0.717, 1.165) is 70.6 Å². The lowest BCUT2D eigenvalue weighted by Crippen LogP contribution is -2.50. The quantitative estimate of drug-likeness (QED) is 0.0282. The Bertz CT molecular complexity index is 1140. The predicted molar refractivity (Wildman–Crippen MR) is 257 cm³/mol. The van der Waals surface area contributed by atoms with Crippen LogP contribution in [0.4, 0.5) is 0 Å². The normalized spacial score (nSPS) is 13.3. The van der Waals surface area contributed by atoms with Crippen molar-refractivity contribution in [1.82, 2.24) is 0 Å². The Balaban J connectivity index is 4.26. The number of carboxylic acid groups (broad SMARTS) is 1. The zero-order valence-corrected chi connectivity index (χ0v) is 40.4. The average molecular weight is 859 g/mol. The maximum atomic E-state index is 12.8. The van der Waals surface area contributed by atoms with E-state index in [2.05, 4.69) is 62.5 Å². The Morgan fingerprint density at radius 1 is 0.508 bits per heavy atom. The van der Waals surface area contributed by atoms with Crippen LogP contribution < -0.4 is 0 Å². The highest BCUT2D eigenvalue weighted by atomic mass is 16.6. The summed E-state index contributed by atoms with van der Waals surface area (Å²) >= 11 is 0. The van der Waals surface area contributed by atoms with Crippen LogP contribution in [0.2, 0.25) is 0 Å². The molecule has 1 N–H and O–H groups in total. The Morgan fingerprint density at radius 2 is 0.918 bits per heavy atom. The molecule has 354 valence electrons. The van der Waals surface area contributed by atoms with Crippen LogP contribution in [0.15, 0.2) is 48.6 Å². The Morgan fingerprint density at radius 3 is 1.36 bits per heavy atom. The lowest BCUT2D eigenvalue weighted by molar-refractivity contribution is -0.887. The number of carbonyl (C=O) groups is 3. The highest BCUT2D eigenvalue weighted by Crippen LogP contribution is 2.16. The summed E-state index contributed by atoms with van der Waals surface area (Å²) in [7, 11) is 5.53. The molecule has 8 heteroatoms. The van der Waals surface area contributed by atoms with Crippen molar-refractivity contribution in [2.75, 3.05) is 41.0 Å². The van der Waals surface area contributed by atoms with Crippen molar-refractivity contribution in [2.45, 2.75) is 231 Å². The first kappa shape index (κ1) is 58.3. The van der Waals surface area contributed by atoms with E-state index in [4.69, 9.17) is 14.2 Å². The molecule has 0 amide bonds. The molecular formula is C53H96NO7+. The fourth-order valence-corrected chi connectivity index (χ4v) is 7.38. The molecule has 0 aliphatic heterocycles. The van der Waals surface area contributed by atoms with E-state index >= 15 is 0 Å². The number of aliphatic carboxylic acids is 1. The molecule has 2 atom stereocenters. The summed E-state index contributed by atoms with van der Waals surface area (Å²) in [4.78, 5) is 37.1. The first-order valence-electron chi connectivity index (χ1n) is 25.2. The fourth-order valence-electron chi connectivity index (χ4n) is 7.38. The van der Waals surface area contributed by atoms with Crippen LogP contribution in [0.5, 0.6) is 0 Å². The third kappa shape index (κ3) is 42.4. The number of esters is 2. The molecule has 0 saturated carbocycles. The van der Waals surface area contributed by atoms with Crippen molar-refractivity contribution in [3.8, 4) is 0 Å². The lowest BCUT2D eigenvalue weighted by atomic mass is 10.0. The zero-order chi connectivity index (χ0) is 44.9. The summed E-state index contributed by atoms with van der Waals surface area (Å²) in [6, 6.07) is -0.616. The molecule has 0 heterocycles. The standard InChI is InChI=1S/C53H95NO7/c1-6-8-10-12-14-16-18-20-22-24-25-26-28-29-31-33-35-37-39-41-43-51(55)60-48-49(47-59-46-45-50(53(57)58)54(3,4)5)61-52(56)44-42-40-38-36-34-32-30-27-23-21-19-17-15-13-11-9-7-2/h8,10,14,16,20,22,25-26,49-50H,6-7,9,11-13,15,17-19,21,23-24,27-48H2,1-5H3/p+1/b10-8+,16-14+,22-20+,26-25+. The first-order chi connectivity index (χ1) is 29.6. The maximum absolute atomic E-state index is 12.8. The van der Waals surface area contributed by atoms with Gasteiger partial charge in [0.1, 0.15) is 6.61 Å². The van der Waals surface area contributed by atoms with Gasteiger partial charge in [0.25, 0.3) is 0 Å². The van der Waals surface area contributed by atoms with Gasteiger partial charge in [-0.1, -0.05) is 197 Å². The van der Waals surface area contributed by atoms with Gasteiger partial charge in [0.2, 0.25) is 0 Å². The smallest absolute Gasteiger partial charge is 0.362 e. The van der Waals surface area contributed by atoms with Crippen LogP contribution in [-0.2, 0) is 28.6 Å². The van der Waals surface area contributed by atoms with Crippen molar-refractivity contribution >= 4 is 17.9 Å². The summed E-state index contributed by atoms with van der Waals surface area (Å²) in [5.74, 6) is -1.47. The fraction of sp³-hybridized carbons (Fsp3) is 0.792. The van der Waals surface area contributed by atoms with Crippen LogP contribution in [0.25, 0.3) is 0 Å². The number of hydrogen-bond acceptors (Lipinski definition) is 6. The van der Waals surface area contributed by atoms with E-state index in [1.807, 2.05) is 21.1 Å². The lowest BCUT2D eigenvalue weighted by Gasteiger charge is -2.31. The molecule has 0 fully saturated rings. The van der Waals surface area contributed by atoms with Crippen molar-refractivity contribution in [1.29, 1.82) is 0 Å². The van der Waals surface area contributed by atoms with Crippen molar-refractivity contribution in [3.05, 3.63) is 48.6 Å². The third-order valence-corrected chi connectivity index (χ3v) is 11.2. The molecule has 0 aliphatic rings. The van der Waals surface area contributed by atoms with Crippen molar-refractivity contribution in [2.24, 2.45) is 0 Å². The van der Waals surface area contributed by atoms with Crippen LogP contribution in [0, 0.1) is 0 Å². The molecule has 0 rings (SSSR count). The molecule has 0 aliphatic carbocycles. The number of carbonyl (C=O) groups excluding carboxylic acids is 2. The summed E-state index contributed by atoms with van der Waals surface area (Å²) in [6.07, 6.45) is 52.9. The predicted octanol–water partition coefficient (Wildman–Crippen LogP) is 14.4. The van der Waals surface area contributed by atoms with Crippen molar-refractivity contribution < 1.29 is 38.2 Å². The van der Waals surface area contributed by atoms with Gasteiger partial charge in [-0.15, -0.1) is 0 Å². The van der Waals surface area contributed by atoms with E-state index in [1.54, 1.807) is 0 Å². The number of unbranched alkanes of at least 4 members (excludes halogenated alkanes) is 23. The topological polar surface area (TPSA) is 99.1 Å². The highest BCUT2D eigenvalue weighted by molar-refractivity contribution is 5.72. The molecule has 0 bridgehead atoms. The zero-order valence-electron chi connectivity index (χ0n) is 40.4. The van der Waals surface area contributed by atoms with Gasteiger partial charge in [-0.05, 0) is 51.4 Å². The minimum absolute atomic E-state index is 0.0550. The van der Waals surface area contributed by atoms with Crippen LogP contribution in [-0.4, -0.2) is 80.6 Å². The number of rotatable bonds is 45. The molecule has 0 radical (unpaired) electrons. The Kier molecular flexibility index (Phi) is 42.0. The molecule has 61 heavy (non-hydrogen) atoms. The van der Waals surface area contributed by atoms with E-state index in [0.29, 0.717) is 19.3 Å². The molecule has 0 aromatic heterocycles. The van der Waals surface area contributed by atoms with Gasteiger partial charge in [-0.3, -0.25) is 9.59 Å². The molecule has 0 aromatic rings. The van der Waals surface area contributed by atoms with E-state index < -0.39 is 18.1 Å². The minimum atomic E-state index is -0.875. The van der Waals surface area contributed by atoms with Crippen LogP contribution in [0.3, 0.4) is 0 Å². The SMILES string of the molecule is CC/C=C/C/C=C/C/C=C/C/C=C/CCCCCCCCCC(=O)OCC(COCCC(C(=O)O)[N+](C)(C)C)OC(=O)CCCCCCCCCCCCCCCCCCC. The molecule has 2 unspecified atom stereocenters. The highest BCUT2D eigenvalue weighted by Gasteiger charge is 2.31. The summed E-state index contributed by atoms with van der Waals surface area (Å²) in [5.41, 5.74) is 0. The minimum Gasteiger partial charge on any atom is -0.477 e. The summed E-state index contributed by atoms with van der Waals surface area (Å²) in [6.45, 7) is 4.64. The van der Waals surface area contributed by atoms with Gasteiger partial charge in [0, 0.05) is 19.3 Å². The third-order valence-electron chi connectivity index (χ3n) is 11.2. The second-order valence-corrected chi connectivity index (χ2v) is 18.1. The van der Waals surface area contributed by atoms with Gasteiger partial charge in [-0.2, -0.15) is 0 Å². The molecule has 0 aromatic carbocycles. The van der Waals surface area contributed by atoms with E-state index in [1.165, 1.54) is 116 Å². The summed E-state index contributed by atoms with van der Waals surface area (Å²) < 4.78 is 17.3. The van der Waals surface area contributed by atoms with Gasteiger partial charge >= 0.3 is 17.9 Å². The first-order valence-corrected chi connectivity index (χ1v) is 25.2. The van der Waals surface area contributed by atoms with E-state index in [-0.39, 0.29) is 36.2 Å². The number of hydrogen-bond donors (Lipinski definition) is 1. The largest absolute Gasteiger partial charge is 0.477 e. The van der Waals surface area contributed by atoms with Crippen LogP contribution >= 0.6 is 0 Å². The number of nitrogens with zero attached hydrogens (tertiary/aromatic N) is 1. The number of allylic oxidation sites excluding steroid dienone is 8. The molecule has 8 nitrogen and oxygen atoms in total. The van der Waals surface area contributed by atoms with Crippen molar-refractivity contribution in [3.63, 3.8) is 0 Å². The molecular weight excluding hydrogens is 763 g/mol. The summed E-state index contributed by atoms with van der Waals surface area (Å²) in [5, 5.41) is 9.65. The van der Waals surface area contributed by atoms with E-state index in [9.17, 15) is 19.5 Å². The molecule has 0 spiro atoms. The van der Waals surface area contributed by atoms with Gasteiger partial charge < -0.3 is 23.8 Å².